The van der Waals surface area contributed by atoms with E-state index in [0.717, 1.165) is 0 Å². The summed E-state index contributed by atoms with van der Waals surface area (Å²) in [6.07, 6.45) is 0.566. The van der Waals surface area contributed by atoms with Crippen molar-refractivity contribution in [3.63, 3.8) is 0 Å². The Morgan fingerprint density at radius 1 is 1.41 bits per heavy atom. The zero-order valence-electron chi connectivity index (χ0n) is 13.9. The number of hydrogen-bond donors (Lipinski definition) is 1. The minimum atomic E-state index is -0.908. The smallest absolute Gasteiger partial charge is 0.256 e. The fourth-order valence-corrected chi connectivity index (χ4v) is 1.97. The largest absolute Gasteiger partial charge is 0.491 e. The average molecular weight is 304 g/mol. The van der Waals surface area contributed by atoms with Crippen molar-refractivity contribution in [2.45, 2.75) is 52.7 Å². The SMILES string of the molecule is CCO[C@@](C)(CC)C(=O)Nc1ccc(OC(C)C)cc1C#N. The second-order valence-electron chi connectivity index (χ2n) is 5.46. The minimum Gasteiger partial charge on any atom is -0.491 e. The van der Waals surface area contributed by atoms with Crippen molar-refractivity contribution in [1.82, 2.24) is 0 Å². The van der Waals surface area contributed by atoms with Crippen molar-refractivity contribution in [1.29, 1.82) is 5.26 Å². The summed E-state index contributed by atoms with van der Waals surface area (Å²) in [7, 11) is 0. The number of ether oxygens (including phenoxy) is 2. The van der Waals surface area contributed by atoms with Crippen molar-refractivity contribution in [2.24, 2.45) is 0 Å². The quantitative estimate of drug-likeness (QED) is 0.837. The molecule has 0 saturated heterocycles. The Morgan fingerprint density at radius 2 is 2.09 bits per heavy atom. The Hall–Kier alpha value is -2.06. The molecule has 1 aromatic rings. The van der Waals surface area contributed by atoms with Gasteiger partial charge in [0, 0.05) is 12.7 Å². The molecule has 0 aromatic heterocycles. The number of amides is 1. The molecule has 1 N–H and O–H groups in total. The molecule has 5 nitrogen and oxygen atoms in total. The van der Waals surface area contributed by atoms with Crippen LogP contribution in [-0.2, 0) is 9.53 Å². The summed E-state index contributed by atoms with van der Waals surface area (Å²) in [5.74, 6) is 0.346. The molecule has 1 amide bonds. The van der Waals surface area contributed by atoms with E-state index in [9.17, 15) is 10.1 Å². The second kappa shape index (κ2) is 7.81. The normalized spacial score (nSPS) is 13.3. The Bertz CT molecular complexity index is 564. The molecule has 0 bridgehead atoms. The highest BCUT2D eigenvalue weighted by Crippen LogP contribution is 2.25. The first-order valence-corrected chi connectivity index (χ1v) is 7.52. The molecule has 0 saturated carbocycles. The van der Waals surface area contributed by atoms with Crippen molar-refractivity contribution in [3.05, 3.63) is 23.8 Å². The minimum absolute atomic E-state index is 0.0216. The molecule has 5 heteroatoms. The van der Waals surface area contributed by atoms with Gasteiger partial charge in [0.05, 0.1) is 17.4 Å². The van der Waals surface area contributed by atoms with Gasteiger partial charge in [-0.05, 0) is 46.2 Å². The van der Waals surface area contributed by atoms with Crippen LogP contribution in [0.2, 0.25) is 0 Å². The topological polar surface area (TPSA) is 71.3 Å². The number of anilines is 1. The second-order valence-corrected chi connectivity index (χ2v) is 5.46. The van der Waals surface area contributed by atoms with Gasteiger partial charge in [-0.3, -0.25) is 4.79 Å². The lowest BCUT2D eigenvalue weighted by Gasteiger charge is -2.27. The van der Waals surface area contributed by atoms with E-state index in [1.54, 1.807) is 25.1 Å². The average Bonchev–Trinajstić information content (AvgIpc) is 2.48. The number of carbonyl (C=O) groups is 1. The standard InChI is InChI=1S/C17H24N2O3/c1-6-17(5,21-7-2)16(20)19-15-9-8-14(22-12(3)4)10-13(15)11-18/h8-10,12H,6-7H2,1-5H3,(H,19,20)/t17-/m0/s1. The van der Waals surface area contributed by atoms with Gasteiger partial charge >= 0.3 is 0 Å². The van der Waals surface area contributed by atoms with Crippen LogP contribution in [0.5, 0.6) is 5.75 Å². The summed E-state index contributed by atoms with van der Waals surface area (Å²) >= 11 is 0. The zero-order valence-corrected chi connectivity index (χ0v) is 13.9. The maximum absolute atomic E-state index is 12.4. The molecule has 0 radical (unpaired) electrons. The number of nitrogens with one attached hydrogen (secondary N) is 1. The fourth-order valence-electron chi connectivity index (χ4n) is 1.97. The van der Waals surface area contributed by atoms with Gasteiger partial charge in [0.2, 0.25) is 0 Å². The molecular formula is C17H24N2O3. The summed E-state index contributed by atoms with van der Waals surface area (Å²) in [6, 6.07) is 7.12. The van der Waals surface area contributed by atoms with Crippen LogP contribution in [0.1, 0.15) is 46.6 Å². The van der Waals surface area contributed by atoms with Crippen LogP contribution >= 0.6 is 0 Å². The molecule has 0 aliphatic rings. The van der Waals surface area contributed by atoms with Crippen LogP contribution < -0.4 is 10.1 Å². The van der Waals surface area contributed by atoms with E-state index in [2.05, 4.69) is 11.4 Å². The van der Waals surface area contributed by atoms with E-state index in [1.807, 2.05) is 27.7 Å². The molecular weight excluding hydrogens is 280 g/mol. The molecule has 22 heavy (non-hydrogen) atoms. The summed E-state index contributed by atoms with van der Waals surface area (Å²) in [5.41, 5.74) is -0.0846. The molecule has 0 aliphatic heterocycles. The molecule has 1 rings (SSSR count). The van der Waals surface area contributed by atoms with E-state index >= 15 is 0 Å². The molecule has 0 aliphatic carbocycles. The zero-order chi connectivity index (χ0) is 16.8. The number of nitriles is 1. The molecule has 0 fully saturated rings. The van der Waals surface area contributed by atoms with Crippen LogP contribution in [0.25, 0.3) is 0 Å². The van der Waals surface area contributed by atoms with Crippen LogP contribution in [0.3, 0.4) is 0 Å². The van der Waals surface area contributed by atoms with Gasteiger partial charge in [0.15, 0.2) is 0 Å². The third kappa shape index (κ3) is 4.47. The van der Waals surface area contributed by atoms with Gasteiger partial charge in [0.25, 0.3) is 5.91 Å². The lowest BCUT2D eigenvalue weighted by molar-refractivity contribution is -0.139. The van der Waals surface area contributed by atoms with E-state index in [4.69, 9.17) is 9.47 Å². The van der Waals surface area contributed by atoms with E-state index in [1.165, 1.54) is 0 Å². The maximum atomic E-state index is 12.4. The summed E-state index contributed by atoms with van der Waals surface area (Å²) in [5, 5.41) is 12.0. The van der Waals surface area contributed by atoms with Gasteiger partial charge in [0.1, 0.15) is 17.4 Å². The van der Waals surface area contributed by atoms with Gasteiger partial charge in [-0.1, -0.05) is 6.92 Å². The monoisotopic (exact) mass is 304 g/mol. The first-order chi connectivity index (χ1) is 10.4. The van der Waals surface area contributed by atoms with Crippen molar-refractivity contribution in [2.75, 3.05) is 11.9 Å². The third-order valence-corrected chi connectivity index (χ3v) is 3.35. The Balaban J connectivity index is 2.98. The van der Waals surface area contributed by atoms with Gasteiger partial charge in [-0.25, -0.2) is 0 Å². The molecule has 0 spiro atoms. The predicted octanol–water partition coefficient (Wildman–Crippen LogP) is 3.49. The highest BCUT2D eigenvalue weighted by Gasteiger charge is 2.32. The van der Waals surface area contributed by atoms with E-state index in [-0.39, 0.29) is 12.0 Å². The summed E-state index contributed by atoms with van der Waals surface area (Å²) < 4.78 is 11.1. The first-order valence-electron chi connectivity index (χ1n) is 7.52. The van der Waals surface area contributed by atoms with Crippen LogP contribution in [0.15, 0.2) is 18.2 Å². The number of nitrogens with zero attached hydrogens (tertiary/aromatic N) is 1. The fraction of sp³-hybridized carbons (Fsp3) is 0.529. The van der Waals surface area contributed by atoms with Crippen molar-refractivity contribution in [3.8, 4) is 11.8 Å². The molecule has 1 atom stereocenters. The van der Waals surface area contributed by atoms with Crippen LogP contribution in [0, 0.1) is 11.3 Å². The number of carbonyl (C=O) groups excluding carboxylic acids is 1. The lowest BCUT2D eigenvalue weighted by atomic mass is 10.0. The summed E-state index contributed by atoms with van der Waals surface area (Å²) in [6.45, 7) is 9.76. The third-order valence-electron chi connectivity index (χ3n) is 3.35. The molecule has 120 valence electrons. The highest BCUT2D eigenvalue weighted by molar-refractivity contribution is 5.98. The molecule has 0 heterocycles. The van der Waals surface area contributed by atoms with Crippen molar-refractivity contribution < 1.29 is 14.3 Å². The molecule has 1 aromatic carbocycles. The van der Waals surface area contributed by atoms with Crippen molar-refractivity contribution >= 4 is 11.6 Å². The Labute approximate surface area is 132 Å². The van der Waals surface area contributed by atoms with Crippen LogP contribution in [0.4, 0.5) is 5.69 Å². The highest BCUT2D eigenvalue weighted by atomic mass is 16.5. The Kier molecular flexibility index (Phi) is 6.39. The van der Waals surface area contributed by atoms with Gasteiger partial charge < -0.3 is 14.8 Å². The molecule has 0 unspecified atom stereocenters. The predicted molar refractivity (Wildman–Crippen MR) is 85.9 cm³/mol. The number of benzene rings is 1. The van der Waals surface area contributed by atoms with E-state index in [0.29, 0.717) is 30.0 Å². The Morgan fingerprint density at radius 3 is 2.59 bits per heavy atom. The van der Waals surface area contributed by atoms with Crippen LogP contribution in [-0.4, -0.2) is 24.2 Å². The van der Waals surface area contributed by atoms with Gasteiger partial charge in [-0.15, -0.1) is 0 Å². The first kappa shape index (κ1) is 18.0. The van der Waals surface area contributed by atoms with E-state index < -0.39 is 5.60 Å². The number of hydrogen-bond acceptors (Lipinski definition) is 4. The number of rotatable bonds is 7. The summed E-state index contributed by atoms with van der Waals surface area (Å²) in [4.78, 5) is 12.4. The lowest BCUT2D eigenvalue weighted by Crippen LogP contribution is -2.42. The maximum Gasteiger partial charge on any atom is 0.256 e. The van der Waals surface area contributed by atoms with Gasteiger partial charge in [-0.2, -0.15) is 5.26 Å².